The second-order valence-electron chi connectivity index (χ2n) is 9.23. The van der Waals surface area contributed by atoms with Crippen LogP contribution in [0.3, 0.4) is 0 Å². The largest absolute Gasteiger partial charge is 0.382 e. The Morgan fingerprint density at radius 3 is 2.38 bits per heavy atom. The lowest BCUT2D eigenvalue weighted by molar-refractivity contribution is -0.141. The molecule has 178 valence electrons. The number of oxime groups is 1. The van der Waals surface area contributed by atoms with E-state index in [1.807, 2.05) is 55.5 Å². The first kappa shape index (κ1) is 23.9. The lowest BCUT2D eigenvalue weighted by atomic mass is 9.84. The Balaban J connectivity index is 1.78. The van der Waals surface area contributed by atoms with Gasteiger partial charge in [-0.05, 0) is 56.5 Å². The molecule has 1 N–H and O–H groups in total. The summed E-state index contributed by atoms with van der Waals surface area (Å²) in [4.78, 5) is 28.2. The number of carbonyl (C=O) groups excluding carboxylic acids is 2. The number of carbonyl (C=O) groups is 2. The first-order valence-electron chi connectivity index (χ1n) is 12.0. The highest BCUT2D eigenvalue weighted by Gasteiger charge is 2.28. The monoisotopic (exact) mass is 460 g/mol. The third kappa shape index (κ3) is 4.97. The average molecular weight is 461 g/mol. The highest BCUT2D eigenvalue weighted by molar-refractivity contribution is 5.97. The van der Waals surface area contributed by atoms with Crippen LogP contribution in [0.25, 0.3) is 16.6 Å². The second kappa shape index (κ2) is 10.3. The summed E-state index contributed by atoms with van der Waals surface area (Å²) < 4.78 is 2.09. The predicted molar refractivity (Wildman–Crippen MR) is 133 cm³/mol. The van der Waals surface area contributed by atoms with Gasteiger partial charge in [-0.15, -0.1) is 0 Å². The molecule has 34 heavy (non-hydrogen) atoms. The smallest absolute Gasteiger partial charge is 0.331 e. The van der Waals surface area contributed by atoms with Crippen LogP contribution in [0.1, 0.15) is 80.1 Å². The van der Waals surface area contributed by atoms with Crippen LogP contribution in [-0.2, 0) is 9.63 Å². The van der Waals surface area contributed by atoms with Crippen LogP contribution in [0, 0.1) is 12.8 Å². The van der Waals surface area contributed by atoms with E-state index in [0.29, 0.717) is 23.6 Å². The van der Waals surface area contributed by atoms with Gasteiger partial charge in [0, 0.05) is 34.8 Å². The minimum absolute atomic E-state index is 0.0192. The minimum Gasteiger partial charge on any atom is -0.382 e. The van der Waals surface area contributed by atoms with Crippen LogP contribution in [0.15, 0.2) is 53.7 Å². The van der Waals surface area contributed by atoms with E-state index in [-0.39, 0.29) is 5.78 Å². The fourth-order valence-electron chi connectivity index (χ4n) is 5.09. The molecule has 0 amide bonds. The molecule has 6 heteroatoms. The van der Waals surface area contributed by atoms with Crippen molar-refractivity contribution in [1.29, 1.82) is 0 Å². The Morgan fingerprint density at radius 2 is 1.74 bits per heavy atom. The van der Waals surface area contributed by atoms with Crippen molar-refractivity contribution in [3.63, 3.8) is 0 Å². The van der Waals surface area contributed by atoms with Gasteiger partial charge in [-0.25, -0.2) is 4.79 Å². The summed E-state index contributed by atoms with van der Waals surface area (Å²) in [5, 5.41) is 16.6. The summed E-state index contributed by atoms with van der Waals surface area (Å²) in [6.07, 6.45) is 5.38. The summed E-state index contributed by atoms with van der Waals surface area (Å²) in [5.41, 5.74) is 4.63. The second-order valence-corrected chi connectivity index (χ2v) is 9.23. The van der Waals surface area contributed by atoms with Crippen molar-refractivity contribution in [1.82, 2.24) is 4.57 Å². The van der Waals surface area contributed by atoms with Gasteiger partial charge in [0.15, 0.2) is 5.78 Å². The Kier molecular flexibility index (Phi) is 7.27. The van der Waals surface area contributed by atoms with E-state index >= 15 is 0 Å². The topological polar surface area (TPSA) is 80.9 Å². The maximum absolute atomic E-state index is 11.7. The molecule has 3 aromatic rings. The molecule has 1 unspecified atom stereocenters. The van der Waals surface area contributed by atoms with Gasteiger partial charge in [0.1, 0.15) is 6.10 Å². The maximum Gasteiger partial charge on any atom is 0.331 e. The Hall–Kier alpha value is -3.25. The zero-order valence-electron chi connectivity index (χ0n) is 20.1. The number of aliphatic hydroxyl groups excluding tert-OH is 1. The van der Waals surface area contributed by atoms with Crippen molar-refractivity contribution >= 4 is 28.4 Å². The molecular formula is C28H32N2O4. The molecule has 0 aliphatic heterocycles. The lowest BCUT2D eigenvalue weighted by Gasteiger charge is -2.24. The number of aromatic nitrogens is 1. The van der Waals surface area contributed by atoms with Crippen molar-refractivity contribution in [3.8, 4) is 5.69 Å². The van der Waals surface area contributed by atoms with Gasteiger partial charge in [0.05, 0.1) is 11.2 Å². The van der Waals surface area contributed by atoms with E-state index < -0.39 is 12.1 Å². The summed E-state index contributed by atoms with van der Waals surface area (Å²) in [7, 11) is 0. The number of fused-ring (bicyclic) bond motifs is 1. The number of para-hydroxylation sites is 1. The molecule has 1 aliphatic rings. The fraction of sp³-hybridized carbons (Fsp3) is 0.393. The van der Waals surface area contributed by atoms with Crippen LogP contribution in [0.2, 0.25) is 0 Å². The van der Waals surface area contributed by atoms with Crippen molar-refractivity contribution < 1.29 is 19.5 Å². The van der Waals surface area contributed by atoms with Gasteiger partial charge in [-0.3, -0.25) is 4.79 Å². The molecule has 0 spiro atoms. The van der Waals surface area contributed by atoms with Gasteiger partial charge in [-0.1, -0.05) is 55.5 Å². The van der Waals surface area contributed by atoms with Crippen molar-refractivity contribution in [2.45, 2.75) is 65.4 Å². The molecule has 4 rings (SSSR count). The third-order valence-corrected chi connectivity index (χ3v) is 6.80. The van der Waals surface area contributed by atoms with Crippen LogP contribution in [0.4, 0.5) is 0 Å². The highest BCUT2D eigenvalue weighted by Crippen LogP contribution is 2.36. The number of hydrogen-bond acceptors (Lipinski definition) is 5. The fourth-order valence-corrected chi connectivity index (χ4v) is 5.09. The molecule has 1 aromatic heterocycles. The van der Waals surface area contributed by atoms with Gasteiger partial charge < -0.3 is 14.5 Å². The summed E-state index contributed by atoms with van der Waals surface area (Å²) >= 11 is 0. The Bertz CT molecular complexity index is 1220. The lowest BCUT2D eigenvalue weighted by Crippen LogP contribution is -2.20. The number of rotatable bonds is 7. The molecule has 6 nitrogen and oxygen atoms in total. The van der Waals surface area contributed by atoms with Gasteiger partial charge in [0.2, 0.25) is 0 Å². The van der Waals surface area contributed by atoms with Gasteiger partial charge >= 0.3 is 5.97 Å². The highest BCUT2D eigenvalue weighted by atomic mass is 16.7. The van der Waals surface area contributed by atoms with E-state index in [1.54, 1.807) is 6.92 Å². The molecule has 1 aliphatic carbocycles. The minimum atomic E-state index is -0.996. The molecule has 2 aromatic carbocycles. The standard InChI is InChI=1S/C28H32N2O4/c1-18-27(28(33)25(29-34-20(3)32)17-21-9-5-4-6-10-21)24-11-7-8-12-26(24)30(18)23-15-13-22(14-16-23)19(2)31/h7-8,11-16,21,28,33H,4-6,9-10,17H2,1-3H3/b29-25+. The van der Waals surface area contributed by atoms with E-state index in [9.17, 15) is 14.7 Å². The number of Topliss-reactive ketones (excluding diaryl/α,β-unsaturated/α-hetero) is 1. The van der Waals surface area contributed by atoms with Crippen molar-refractivity contribution in [3.05, 3.63) is 65.4 Å². The predicted octanol–water partition coefficient (Wildman–Crippen LogP) is 6.06. The number of benzene rings is 2. The number of ketones is 1. The molecule has 0 radical (unpaired) electrons. The van der Waals surface area contributed by atoms with E-state index in [2.05, 4.69) is 9.72 Å². The van der Waals surface area contributed by atoms with E-state index in [0.717, 1.165) is 40.7 Å². The van der Waals surface area contributed by atoms with Crippen LogP contribution < -0.4 is 0 Å². The van der Waals surface area contributed by atoms with E-state index in [1.165, 1.54) is 26.2 Å². The van der Waals surface area contributed by atoms with Crippen LogP contribution in [0.5, 0.6) is 0 Å². The maximum atomic E-state index is 11.7. The molecule has 0 saturated heterocycles. The number of aliphatic hydroxyl groups is 1. The quantitative estimate of drug-likeness (QED) is 0.201. The van der Waals surface area contributed by atoms with Crippen LogP contribution in [-0.4, -0.2) is 27.1 Å². The molecular weight excluding hydrogens is 428 g/mol. The zero-order valence-corrected chi connectivity index (χ0v) is 20.1. The number of nitrogens with zero attached hydrogens (tertiary/aromatic N) is 2. The summed E-state index contributed by atoms with van der Waals surface area (Å²) in [6, 6.07) is 15.4. The summed E-state index contributed by atoms with van der Waals surface area (Å²) in [6.45, 7) is 4.84. The zero-order chi connectivity index (χ0) is 24.2. The van der Waals surface area contributed by atoms with Gasteiger partial charge in [-0.2, -0.15) is 0 Å². The number of hydrogen-bond donors (Lipinski definition) is 1. The van der Waals surface area contributed by atoms with Crippen molar-refractivity contribution in [2.75, 3.05) is 0 Å². The summed E-state index contributed by atoms with van der Waals surface area (Å²) in [5.74, 6) is -0.0608. The SMILES string of the molecule is CC(=O)O/N=C(\CC1CCCCC1)C(O)c1c(C)n(-c2ccc(C(C)=O)cc2)c2ccccc12. The first-order chi connectivity index (χ1) is 16.4. The van der Waals surface area contributed by atoms with E-state index in [4.69, 9.17) is 4.84 Å². The normalized spacial score (nSPS) is 15.9. The molecule has 1 heterocycles. The molecule has 1 saturated carbocycles. The Morgan fingerprint density at radius 1 is 1.06 bits per heavy atom. The molecule has 0 bridgehead atoms. The van der Waals surface area contributed by atoms with Crippen LogP contribution >= 0.6 is 0 Å². The molecule has 1 fully saturated rings. The first-order valence-corrected chi connectivity index (χ1v) is 12.0. The molecule has 1 atom stereocenters. The van der Waals surface area contributed by atoms with Gasteiger partial charge in [0.25, 0.3) is 0 Å². The Labute approximate surface area is 200 Å². The van der Waals surface area contributed by atoms with Crippen molar-refractivity contribution in [2.24, 2.45) is 11.1 Å². The average Bonchev–Trinajstić information content (AvgIpc) is 3.13. The third-order valence-electron chi connectivity index (χ3n) is 6.80.